The van der Waals surface area contributed by atoms with Crippen molar-refractivity contribution >= 4 is 34.8 Å². The average molecular weight is 373 g/mol. The summed E-state index contributed by atoms with van der Waals surface area (Å²) < 4.78 is 19.3. The molecule has 0 bridgehead atoms. The van der Waals surface area contributed by atoms with Crippen molar-refractivity contribution in [2.24, 2.45) is 0 Å². The van der Waals surface area contributed by atoms with Crippen molar-refractivity contribution < 1.29 is 18.4 Å². The molecule has 0 saturated carbocycles. The summed E-state index contributed by atoms with van der Waals surface area (Å²) in [6.45, 7) is 1.36. The summed E-state index contributed by atoms with van der Waals surface area (Å²) in [6.07, 6.45) is 0. The van der Waals surface area contributed by atoms with Gasteiger partial charge in [0.05, 0.1) is 16.3 Å². The Morgan fingerprint density at radius 1 is 1.04 bits per heavy atom. The van der Waals surface area contributed by atoms with Gasteiger partial charge in [-0.2, -0.15) is 0 Å². The zero-order chi connectivity index (χ0) is 18.7. The van der Waals surface area contributed by atoms with Gasteiger partial charge in [-0.3, -0.25) is 9.59 Å². The lowest BCUT2D eigenvalue weighted by molar-refractivity contribution is -0.114. The van der Waals surface area contributed by atoms with Gasteiger partial charge in [0.15, 0.2) is 5.76 Å². The fourth-order valence-electron chi connectivity index (χ4n) is 2.35. The molecule has 0 aliphatic carbocycles. The van der Waals surface area contributed by atoms with Crippen molar-refractivity contribution in [3.8, 4) is 11.3 Å². The molecule has 0 fully saturated rings. The van der Waals surface area contributed by atoms with Crippen molar-refractivity contribution in [3.63, 3.8) is 0 Å². The second-order valence-corrected chi connectivity index (χ2v) is 5.88. The number of benzene rings is 2. The molecule has 2 amide bonds. The van der Waals surface area contributed by atoms with E-state index in [1.54, 1.807) is 30.3 Å². The Balaban J connectivity index is 1.79. The standard InChI is InChI=1S/C19H14ClFN2O3/c1-11(24)22-16-10-12(6-7-14(16)20)23-19(25)18-9-8-17(26-18)13-4-2-3-5-15(13)21/h2-10H,1H3,(H,22,24)(H,23,25). The first-order valence-corrected chi connectivity index (χ1v) is 8.05. The van der Waals surface area contributed by atoms with Crippen molar-refractivity contribution in [1.82, 2.24) is 0 Å². The molecule has 3 aromatic rings. The minimum Gasteiger partial charge on any atom is -0.451 e. The lowest BCUT2D eigenvalue weighted by atomic mass is 10.1. The molecule has 3 rings (SSSR count). The molecule has 26 heavy (non-hydrogen) atoms. The third-order valence-electron chi connectivity index (χ3n) is 3.50. The van der Waals surface area contributed by atoms with Gasteiger partial charge in [-0.05, 0) is 42.5 Å². The fourth-order valence-corrected chi connectivity index (χ4v) is 2.51. The molecular weight excluding hydrogens is 359 g/mol. The minimum absolute atomic E-state index is 0.0271. The van der Waals surface area contributed by atoms with Crippen LogP contribution in [0, 0.1) is 5.82 Å². The topological polar surface area (TPSA) is 71.3 Å². The number of carbonyl (C=O) groups excluding carboxylic acids is 2. The van der Waals surface area contributed by atoms with E-state index >= 15 is 0 Å². The summed E-state index contributed by atoms with van der Waals surface area (Å²) in [5, 5.41) is 5.56. The van der Waals surface area contributed by atoms with Crippen LogP contribution in [0.15, 0.2) is 59.0 Å². The van der Waals surface area contributed by atoms with Crippen LogP contribution in [0.2, 0.25) is 5.02 Å². The van der Waals surface area contributed by atoms with E-state index in [-0.39, 0.29) is 23.0 Å². The van der Waals surface area contributed by atoms with Crippen LogP contribution in [-0.4, -0.2) is 11.8 Å². The molecule has 0 aliphatic heterocycles. The Labute approximate surface area is 153 Å². The van der Waals surface area contributed by atoms with E-state index in [0.717, 1.165) is 0 Å². The number of hydrogen-bond donors (Lipinski definition) is 2. The first kappa shape index (κ1) is 17.7. The number of hydrogen-bond acceptors (Lipinski definition) is 3. The van der Waals surface area contributed by atoms with E-state index in [0.29, 0.717) is 16.4 Å². The van der Waals surface area contributed by atoms with Crippen LogP contribution >= 0.6 is 11.6 Å². The fraction of sp³-hybridized carbons (Fsp3) is 0.0526. The minimum atomic E-state index is -0.510. The summed E-state index contributed by atoms with van der Waals surface area (Å²) in [5.74, 6) is -0.950. The maximum absolute atomic E-state index is 13.8. The Kier molecular flexibility index (Phi) is 5.04. The van der Waals surface area contributed by atoms with E-state index in [1.165, 1.54) is 31.2 Å². The molecule has 0 atom stereocenters. The predicted molar refractivity (Wildman–Crippen MR) is 97.8 cm³/mol. The molecule has 0 spiro atoms. The summed E-state index contributed by atoms with van der Waals surface area (Å²) >= 11 is 6.00. The van der Waals surface area contributed by atoms with Crippen molar-refractivity contribution in [3.05, 3.63) is 71.2 Å². The zero-order valence-corrected chi connectivity index (χ0v) is 14.4. The van der Waals surface area contributed by atoms with Gasteiger partial charge in [0.2, 0.25) is 5.91 Å². The molecule has 1 aromatic heterocycles. The van der Waals surface area contributed by atoms with Gasteiger partial charge in [0, 0.05) is 12.6 Å². The highest BCUT2D eigenvalue weighted by Crippen LogP contribution is 2.27. The monoisotopic (exact) mass is 372 g/mol. The van der Waals surface area contributed by atoms with Crippen LogP contribution in [0.25, 0.3) is 11.3 Å². The molecule has 1 heterocycles. The summed E-state index contributed by atoms with van der Waals surface area (Å²) in [5.41, 5.74) is 1.07. The highest BCUT2D eigenvalue weighted by Gasteiger charge is 2.15. The smallest absolute Gasteiger partial charge is 0.291 e. The van der Waals surface area contributed by atoms with Crippen LogP contribution in [-0.2, 0) is 4.79 Å². The molecule has 2 N–H and O–H groups in total. The highest BCUT2D eigenvalue weighted by atomic mass is 35.5. The number of amides is 2. The predicted octanol–water partition coefficient (Wildman–Crippen LogP) is 4.95. The maximum Gasteiger partial charge on any atom is 0.291 e. The molecule has 0 unspecified atom stereocenters. The van der Waals surface area contributed by atoms with Crippen LogP contribution in [0.4, 0.5) is 15.8 Å². The average Bonchev–Trinajstić information content (AvgIpc) is 3.08. The van der Waals surface area contributed by atoms with Gasteiger partial charge >= 0.3 is 0 Å². The van der Waals surface area contributed by atoms with Crippen LogP contribution in [0.3, 0.4) is 0 Å². The Morgan fingerprint density at radius 2 is 1.81 bits per heavy atom. The van der Waals surface area contributed by atoms with Crippen molar-refractivity contribution in [2.75, 3.05) is 10.6 Å². The lowest BCUT2D eigenvalue weighted by Crippen LogP contribution is -2.12. The third-order valence-corrected chi connectivity index (χ3v) is 3.83. The van der Waals surface area contributed by atoms with Gasteiger partial charge in [-0.25, -0.2) is 4.39 Å². The molecule has 2 aromatic carbocycles. The van der Waals surface area contributed by atoms with Gasteiger partial charge in [0.1, 0.15) is 11.6 Å². The molecule has 0 radical (unpaired) electrons. The van der Waals surface area contributed by atoms with Crippen LogP contribution < -0.4 is 10.6 Å². The first-order valence-electron chi connectivity index (χ1n) is 7.67. The number of halogens is 2. The lowest BCUT2D eigenvalue weighted by Gasteiger charge is -2.08. The number of furan rings is 1. The quantitative estimate of drug-likeness (QED) is 0.680. The Hall–Kier alpha value is -3.12. The molecule has 132 valence electrons. The first-order chi connectivity index (χ1) is 12.4. The van der Waals surface area contributed by atoms with Gasteiger partial charge in [-0.15, -0.1) is 0 Å². The number of nitrogens with one attached hydrogen (secondary N) is 2. The summed E-state index contributed by atoms with van der Waals surface area (Å²) in [4.78, 5) is 23.5. The SMILES string of the molecule is CC(=O)Nc1cc(NC(=O)c2ccc(-c3ccccc3F)o2)ccc1Cl. The Bertz CT molecular complexity index is 984. The zero-order valence-electron chi connectivity index (χ0n) is 13.7. The van der Waals surface area contributed by atoms with Gasteiger partial charge < -0.3 is 15.1 Å². The summed E-state index contributed by atoms with van der Waals surface area (Å²) in [6, 6.07) is 13.8. The number of rotatable bonds is 4. The Morgan fingerprint density at radius 3 is 2.54 bits per heavy atom. The van der Waals surface area contributed by atoms with Crippen molar-refractivity contribution in [2.45, 2.75) is 6.92 Å². The van der Waals surface area contributed by atoms with E-state index in [2.05, 4.69) is 10.6 Å². The van der Waals surface area contributed by atoms with Crippen LogP contribution in [0.5, 0.6) is 0 Å². The van der Waals surface area contributed by atoms with E-state index in [4.69, 9.17) is 16.0 Å². The van der Waals surface area contributed by atoms with E-state index < -0.39 is 11.7 Å². The molecule has 5 nitrogen and oxygen atoms in total. The van der Waals surface area contributed by atoms with Gasteiger partial charge in [0.25, 0.3) is 5.91 Å². The van der Waals surface area contributed by atoms with E-state index in [1.807, 2.05) is 0 Å². The maximum atomic E-state index is 13.8. The second kappa shape index (κ2) is 7.41. The number of carbonyl (C=O) groups is 2. The van der Waals surface area contributed by atoms with Gasteiger partial charge in [-0.1, -0.05) is 23.7 Å². The number of anilines is 2. The highest BCUT2D eigenvalue weighted by molar-refractivity contribution is 6.33. The van der Waals surface area contributed by atoms with E-state index in [9.17, 15) is 14.0 Å². The molecular formula is C19H14ClFN2O3. The second-order valence-electron chi connectivity index (χ2n) is 5.47. The third kappa shape index (κ3) is 3.92. The summed E-state index contributed by atoms with van der Waals surface area (Å²) in [7, 11) is 0. The molecule has 7 heteroatoms. The molecule has 0 saturated heterocycles. The van der Waals surface area contributed by atoms with Crippen LogP contribution in [0.1, 0.15) is 17.5 Å². The molecule has 0 aliphatic rings. The normalized spacial score (nSPS) is 10.4. The van der Waals surface area contributed by atoms with Crippen molar-refractivity contribution in [1.29, 1.82) is 0 Å². The largest absolute Gasteiger partial charge is 0.451 e.